The maximum absolute atomic E-state index is 13.2. The molecule has 0 amide bonds. The molecule has 10 heteroatoms. The summed E-state index contributed by atoms with van der Waals surface area (Å²) in [5.41, 5.74) is 2.42. The van der Waals surface area contributed by atoms with Crippen molar-refractivity contribution >= 4 is 17.5 Å². The minimum absolute atomic E-state index is 0.0251. The third-order valence-corrected chi connectivity index (χ3v) is 6.02. The summed E-state index contributed by atoms with van der Waals surface area (Å²) in [6, 6.07) is 3.78. The molecule has 0 radical (unpaired) electrons. The summed E-state index contributed by atoms with van der Waals surface area (Å²) < 4.78 is 19.0. The van der Waals surface area contributed by atoms with E-state index in [0.717, 1.165) is 75.6 Å². The van der Waals surface area contributed by atoms with Crippen LogP contribution in [0.3, 0.4) is 0 Å². The number of methoxy groups -OCH3 is 1. The van der Waals surface area contributed by atoms with Gasteiger partial charge in [0.2, 0.25) is 0 Å². The van der Waals surface area contributed by atoms with E-state index in [4.69, 9.17) is 9.72 Å². The molecule has 0 spiro atoms. The molecular formula is C24H36FN6O3+. The fourth-order valence-corrected chi connectivity index (χ4v) is 4.05. The Bertz CT molecular complexity index is 945. The van der Waals surface area contributed by atoms with Crippen molar-refractivity contribution < 1.29 is 23.9 Å². The number of carbonyl (C=O) groups excluding carboxylic acids is 1. The Kier molecular flexibility index (Phi) is 9.96. The zero-order valence-electron chi connectivity index (χ0n) is 20.1. The van der Waals surface area contributed by atoms with Gasteiger partial charge in [0.25, 0.3) is 0 Å². The largest absolute Gasteiger partial charge is 0.429 e. The lowest BCUT2D eigenvalue weighted by molar-refractivity contribution is -0.896. The van der Waals surface area contributed by atoms with E-state index in [-0.39, 0.29) is 11.7 Å². The van der Waals surface area contributed by atoms with Crippen LogP contribution < -0.4 is 15.4 Å². The zero-order valence-corrected chi connectivity index (χ0v) is 20.1. The number of Topliss-reactive ketones (excluding diaryl/α,β-unsaturated/α-hetero) is 1. The molecule has 0 aliphatic carbocycles. The minimum Gasteiger partial charge on any atom is -0.383 e. The highest BCUT2D eigenvalue weighted by atomic mass is 19.1. The number of fused-ring (bicyclic) bond motifs is 1. The highest BCUT2D eigenvalue weighted by Gasteiger charge is 2.23. The molecule has 34 heavy (non-hydrogen) atoms. The van der Waals surface area contributed by atoms with E-state index in [9.17, 15) is 14.4 Å². The second kappa shape index (κ2) is 13.1. The van der Waals surface area contributed by atoms with E-state index >= 15 is 0 Å². The molecular weight excluding hydrogens is 439 g/mol. The first kappa shape index (κ1) is 25.8. The van der Waals surface area contributed by atoms with Gasteiger partial charge in [0.1, 0.15) is 24.3 Å². The summed E-state index contributed by atoms with van der Waals surface area (Å²) in [5, 5.41) is 16.1. The summed E-state index contributed by atoms with van der Waals surface area (Å²) >= 11 is 0. The van der Waals surface area contributed by atoms with Gasteiger partial charge in [0.05, 0.1) is 6.61 Å². The number of halogens is 1. The Labute approximate surface area is 200 Å². The highest BCUT2D eigenvalue weighted by Crippen LogP contribution is 2.20. The number of hydrogen-bond donors (Lipinski definition) is 3. The van der Waals surface area contributed by atoms with E-state index in [1.165, 1.54) is 12.5 Å². The summed E-state index contributed by atoms with van der Waals surface area (Å²) in [6.45, 7) is 5.40. The second-order valence-electron chi connectivity index (χ2n) is 8.67. The van der Waals surface area contributed by atoms with Gasteiger partial charge in [0, 0.05) is 38.9 Å². The molecule has 2 aromatic heterocycles. The molecule has 1 atom stereocenters. The molecule has 2 aromatic rings. The van der Waals surface area contributed by atoms with Crippen LogP contribution in [-0.2, 0) is 22.4 Å². The molecule has 0 saturated heterocycles. The van der Waals surface area contributed by atoms with E-state index < -0.39 is 11.9 Å². The van der Waals surface area contributed by atoms with Gasteiger partial charge in [-0.3, -0.25) is 10.1 Å². The molecule has 0 aromatic carbocycles. The van der Waals surface area contributed by atoms with Gasteiger partial charge in [0.15, 0.2) is 11.6 Å². The maximum atomic E-state index is 13.2. The fourth-order valence-electron chi connectivity index (χ4n) is 4.05. The van der Waals surface area contributed by atoms with Crippen molar-refractivity contribution in [1.29, 1.82) is 0 Å². The van der Waals surface area contributed by atoms with E-state index in [1.54, 1.807) is 7.11 Å². The third kappa shape index (κ3) is 7.88. The van der Waals surface area contributed by atoms with Crippen LogP contribution in [0.2, 0.25) is 0 Å². The molecule has 0 unspecified atom stereocenters. The molecule has 1 aliphatic rings. The van der Waals surface area contributed by atoms with Crippen LogP contribution in [0.4, 0.5) is 16.2 Å². The van der Waals surface area contributed by atoms with Crippen LogP contribution in [0.25, 0.3) is 0 Å². The van der Waals surface area contributed by atoms with Crippen molar-refractivity contribution in [2.24, 2.45) is 0 Å². The number of ether oxygens (including phenoxy) is 1. The number of carbonyl (C=O) groups is 1. The predicted octanol–water partition coefficient (Wildman–Crippen LogP) is 2.23. The topological polar surface area (TPSA) is 103 Å². The van der Waals surface area contributed by atoms with Crippen molar-refractivity contribution in [3.05, 3.63) is 41.6 Å². The lowest BCUT2D eigenvalue weighted by atomic mass is 10.1. The SMILES string of the molecule is COCCN(CCCCc1ccc2c(n1)NCCC2)CC[C@H](Nc1ncc(F)c[n+]1O)C(C)=O. The van der Waals surface area contributed by atoms with Crippen molar-refractivity contribution in [1.82, 2.24) is 14.9 Å². The molecule has 3 N–H and O–H groups in total. The lowest BCUT2D eigenvalue weighted by Crippen LogP contribution is -2.42. The first-order valence-electron chi connectivity index (χ1n) is 11.9. The van der Waals surface area contributed by atoms with Crippen LogP contribution in [-0.4, -0.2) is 71.8 Å². The molecule has 0 bridgehead atoms. The third-order valence-electron chi connectivity index (χ3n) is 6.02. The minimum atomic E-state index is -0.667. The fraction of sp³-hybridized carbons (Fsp3) is 0.583. The van der Waals surface area contributed by atoms with Gasteiger partial charge in [-0.1, -0.05) is 15.8 Å². The molecule has 9 nitrogen and oxygen atoms in total. The number of unbranched alkanes of at least 4 members (excludes halogenated alkanes) is 1. The number of hydrogen-bond acceptors (Lipinski definition) is 8. The number of aryl methyl sites for hydroxylation is 2. The van der Waals surface area contributed by atoms with Crippen LogP contribution in [0, 0.1) is 5.82 Å². The lowest BCUT2D eigenvalue weighted by Gasteiger charge is -2.23. The first-order chi connectivity index (χ1) is 16.5. The van der Waals surface area contributed by atoms with Crippen LogP contribution in [0.5, 0.6) is 0 Å². The number of ketones is 1. The smallest absolute Gasteiger partial charge is 0.383 e. The Morgan fingerprint density at radius 3 is 2.97 bits per heavy atom. The van der Waals surface area contributed by atoms with Crippen LogP contribution >= 0.6 is 0 Å². The number of aromatic nitrogens is 3. The van der Waals surface area contributed by atoms with Crippen molar-refractivity contribution in [3.8, 4) is 0 Å². The van der Waals surface area contributed by atoms with Gasteiger partial charge in [-0.15, -0.1) is 0 Å². The summed E-state index contributed by atoms with van der Waals surface area (Å²) in [4.78, 5) is 23.0. The number of nitrogens with zero attached hydrogens (tertiary/aromatic N) is 4. The molecule has 3 rings (SSSR count). The Balaban J connectivity index is 1.48. The van der Waals surface area contributed by atoms with Crippen LogP contribution in [0.1, 0.15) is 43.9 Å². The summed E-state index contributed by atoms with van der Waals surface area (Å²) in [5.74, 6) is 0.315. The molecule has 186 valence electrons. The molecule has 0 fully saturated rings. The van der Waals surface area contributed by atoms with Crippen LogP contribution in [0.15, 0.2) is 24.5 Å². The Morgan fingerprint density at radius 2 is 2.21 bits per heavy atom. The van der Waals surface area contributed by atoms with E-state index in [1.807, 2.05) is 0 Å². The number of rotatable bonds is 14. The number of pyridine rings is 1. The predicted molar refractivity (Wildman–Crippen MR) is 127 cm³/mol. The summed E-state index contributed by atoms with van der Waals surface area (Å²) in [7, 11) is 1.67. The van der Waals surface area contributed by atoms with Crippen molar-refractivity contribution in [2.75, 3.05) is 50.5 Å². The van der Waals surface area contributed by atoms with E-state index in [0.29, 0.717) is 24.3 Å². The quantitative estimate of drug-likeness (QED) is 0.217. The van der Waals surface area contributed by atoms with Gasteiger partial charge in [-0.05, 0) is 57.2 Å². The van der Waals surface area contributed by atoms with Gasteiger partial charge < -0.3 is 20.2 Å². The maximum Gasteiger partial charge on any atom is 0.429 e. The average molecular weight is 476 g/mol. The van der Waals surface area contributed by atoms with Crippen molar-refractivity contribution in [3.63, 3.8) is 0 Å². The zero-order chi connectivity index (χ0) is 24.3. The van der Waals surface area contributed by atoms with Crippen molar-refractivity contribution in [2.45, 2.75) is 51.5 Å². The highest BCUT2D eigenvalue weighted by molar-refractivity contribution is 5.83. The average Bonchev–Trinajstić information content (AvgIpc) is 2.83. The van der Waals surface area contributed by atoms with Gasteiger partial charge >= 0.3 is 5.95 Å². The standard InChI is InChI=1S/C24H35FN6O3/c1-18(32)22(29-24-27-16-20(25)17-31(24)33)10-13-30(14-15-34-2)12-4-3-7-21-9-8-19-6-5-11-26-23(19)28-21/h8-9,16-17,22,33H,3-7,10-15H2,1-2H3,(H,26,28)/p+1/t22-/m0/s1. The Hall–Kier alpha value is -2.85. The Morgan fingerprint density at radius 1 is 1.35 bits per heavy atom. The number of nitrogens with one attached hydrogen (secondary N) is 2. The molecule has 1 aliphatic heterocycles. The second-order valence-corrected chi connectivity index (χ2v) is 8.67. The van der Waals surface area contributed by atoms with E-state index in [2.05, 4.69) is 32.7 Å². The molecule has 3 heterocycles. The van der Waals surface area contributed by atoms with Gasteiger partial charge in [-0.25, -0.2) is 9.37 Å². The van der Waals surface area contributed by atoms with Gasteiger partial charge in [-0.2, -0.15) is 0 Å². The summed E-state index contributed by atoms with van der Waals surface area (Å²) in [6.07, 6.45) is 7.61. The molecule has 0 saturated carbocycles. The number of anilines is 2. The normalized spacial score (nSPS) is 13.9. The first-order valence-corrected chi connectivity index (χ1v) is 11.9. The monoisotopic (exact) mass is 475 g/mol.